The van der Waals surface area contributed by atoms with Crippen LogP contribution in [0.1, 0.15) is 12.0 Å². The Kier molecular flexibility index (Phi) is 3.36. The summed E-state index contributed by atoms with van der Waals surface area (Å²) in [6.07, 6.45) is 2.12. The molecule has 0 N–H and O–H groups in total. The van der Waals surface area contributed by atoms with Gasteiger partial charge in [0.15, 0.2) is 5.65 Å². The van der Waals surface area contributed by atoms with Gasteiger partial charge in [-0.2, -0.15) is 5.26 Å². The van der Waals surface area contributed by atoms with Crippen LogP contribution in [0.5, 0.6) is 0 Å². The van der Waals surface area contributed by atoms with Crippen LogP contribution in [-0.2, 0) is 6.54 Å². The highest BCUT2D eigenvalue weighted by molar-refractivity contribution is 5.77. The molecular weight excluding hydrogens is 267 g/mol. The molecule has 0 amide bonds. The molecule has 104 valence electrons. The first-order valence-corrected chi connectivity index (χ1v) is 6.65. The first-order valence-electron chi connectivity index (χ1n) is 6.65. The summed E-state index contributed by atoms with van der Waals surface area (Å²) >= 11 is 0. The molecule has 0 atom stereocenters. The van der Waals surface area contributed by atoms with Crippen molar-refractivity contribution in [3.63, 3.8) is 0 Å². The monoisotopic (exact) mass is 280 g/mol. The molecular formula is C16H13FN4. The van der Waals surface area contributed by atoms with E-state index in [1.165, 1.54) is 12.1 Å². The van der Waals surface area contributed by atoms with Crippen molar-refractivity contribution in [3.8, 4) is 17.5 Å². The quantitative estimate of drug-likeness (QED) is 0.738. The topological polar surface area (TPSA) is 54.5 Å². The van der Waals surface area contributed by atoms with Crippen LogP contribution in [0.25, 0.3) is 22.6 Å². The Balaban J connectivity index is 2.23. The van der Waals surface area contributed by atoms with Gasteiger partial charge in [-0.25, -0.2) is 14.4 Å². The van der Waals surface area contributed by atoms with Gasteiger partial charge in [0.05, 0.1) is 12.5 Å². The molecule has 0 radical (unpaired) electrons. The van der Waals surface area contributed by atoms with Gasteiger partial charge in [0, 0.05) is 18.3 Å². The van der Waals surface area contributed by atoms with Gasteiger partial charge in [0.25, 0.3) is 0 Å². The number of benzene rings is 1. The van der Waals surface area contributed by atoms with Gasteiger partial charge in [-0.05, 0) is 30.7 Å². The average Bonchev–Trinajstić information content (AvgIpc) is 2.82. The number of halogens is 1. The molecule has 2 heterocycles. The van der Waals surface area contributed by atoms with E-state index in [1.807, 2.05) is 17.6 Å². The summed E-state index contributed by atoms with van der Waals surface area (Å²) in [5, 5.41) is 8.82. The summed E-state index contributed by atoms with van der Waals surface area (Å²) < 4.78 is 15.3. The van der Waals surface area contributed by atoms with E-state index in [9.17, 15) is 4.39 Å². The summed E-state index contributed by atoms with van der Waals surface area (Å²) in [7, 11) is 0. The minimum absolute atomic E-state index is 0.310. The zero-order chi connectivity index (χ0) is 14.8. The Morgan fingerprint density at radius 1 is 1.33 bits per heavy atom. The average molecular weight is 280 g/mol. The van der Waals surface area contributed by atoms with Crippen LogP contribution < -0.4 is 0 Å². The van der Waals surface area contributed by atoms with Gasteiger partial charge in [-0.15, -0.1) is 0 Å². The maximum Gasteiger partial charge on any atom is 0.160 e. The van der Waals surface area contributed by atoms with Crippen LogP contribution in [0.4, 0.5) is 4.39 Å². The van der Waals surface area contributed by atoms with Crippen molar-refractivity contribution in [1.82, 2.24) is 14.5 Å². The van der Waals surface area contributed by atoms with Crippen molar-refractivity contribution in [2.45, 2.75) is 19.9 Å². The predicted molar refractivity (Wildman–Crippen MR) is 77.9 cm³/mol. The van der Waals surface area contributed by atoms with Crippen molar-refractivity contribution in [1.29, 1.82) is 5.26 Å². The highest BCUT2D eigenvalue weighted by atomic mass is 19.1. The van der Waals surface area contributed by atoms with Gasteiger partial charge in [-0.1, -0.05) is 12.1 Å². The van der Waals surface area contributed by atoms with Crippen molar-refractivity contribution in [3.05, 3.63) is 47.9 Å². The standard InChI is InChI=1S/C16H13FN4/c1-11-8-14-16(19-10-11)21(7-3-6-18)15(20-14)12-4-2-5-13(17)9-12/h2,4-5,8-10H,3,7H2,1H3. The minimum atomic E-state index is -0.310. The number of aryl methyl sites for hydroxylation is 2. The fourth-order valence-corrected chi connectivity index (χ4v) is 2.33. The molecule has 5 heteroatoms. The molecule has 0 aliphatic carbocycles. The Hall–Kier alpha value is -2.74. The van der Waals surface area contributed by atoms with Crippen LogP contribution in [0.15, 0.2) is 36.5 Å². The predicted octanol–water partition coefficient (Wildman–Crippen LogP) is 3.46. The van der Waals surface area contributed by atoms with Crippen LogP contribution in [0.3, 0.4) is 0 Å². The van der Waals surface area contributed by atoms with Crippen molar-refractivity contribution in [2.75, 3.05) is 0 Å². The molecule has 21 heavy (non-hydrogen) atoms. The van der Waals surface area contributed by atoms with Gasteiger partial charge in [0.1, 0.15) is 17.2 Å². The molecule has 0 saturated heterocycles. The van der Waals surface area contributed by atoms with Crippen LogP contribution >= 0.6 is 0 Å². The van der Waals surface area contributed by atoms with E-state index >= 15 is 0 Å². The third-order valence-corrected chi connectivity index (χ3v) is 3.25. The normalized spacial score (nSPS) is 10.7. The number of hydrogen-bond acceptors (Lipinski definition) is 3. The minimum Gasteiger partial charge on any atom is -0.308 e. The molecule has 0 aliphatic heterocycles. The zero-order valence-electron chi connectivity index (χ0n) is 11.5. The number of aromatic nitrogens is 3. The molecule has 0 aliphatic rings. The van der Waals surface area contributed by atoms with E-state index in [1.54, 1.807) is 18.3 Å². The lowest BCUT2D eigenvalue weighted by atomic mass is 10.2. The number of hydrogen-bond donors (Lipinski definition) is 0. The van der Waals surface area contributed by atoms with E-state index in [0.717, 1.165) is 16.7 Å². The van der Waals surface area contributed by atoms with Crippen LogP contribution in [-0.4, -0.2) is 14.5 Å². The van der Waals surface area contributed by atoms with Gasteiger partial charge in [0.2, 0.25) is 0 Å². The summed E-state index contributed by atoms with van der Waals surface area (Å²) in [5.74, 6) is 0.327. The van der Waals surface area contributed by atoms with Crippen LogP contribution in [0, 0.1) is 24.1 Å². The molecule has 1 aromatic carbocycles. The van der Waals surface area contributed by atoms with E-state index in [-0.39, 0.29) is 5.82 Å². The van der Waals surface area contributed by atoms with E-state index in [2.05, 4.69) is 16.0 Å². The smallest absolute Gasteiger partial charge is 0.160 e. The fourth-order valence-electron chi connectivity index (χ4n) is 2.33. The van der Waals surface area contributed by atoms with E-state index < -0.39 is 0 Å². The Labute approximate surface area is 121 Å². The second-order valence-corrected chi connectivity index (χ2v) is 4.86. The number of pyridine rings is 1. The summed E-state index contributed by atoms with van der Waals surface area (Å²) in [6.45, 7) is 2.43. The Morgan fingerprint density at radius 3 is 2.95 bits per heavy atom. The SMILES string of the molecule is Cc1cnc2c(c1)nc(-c1cccc(F)c1)n2CCC#N. The van der Waals surface area contributed by atoms with Gasteiger partial charge in [-0.3, -0.25) is 0 Å². The molecule has 2 aromatic heterocycles. The second kappa shape index (κ2) is 5.33. The third-order valence-electron chi connectivity index (χ3n) is 3.25. The second-order valence-electron chi connectivity index (χ2n) is 4.86. The van der Waals surface area contributed by atoms with E-state index in [4.69, 9.17) is 5.26 Å². The third kappa shape index (κ3) is 2.48. The maximum atomic E-state index is 13.5. The summed E-state index contributed by atoms with van der Waals surface area (Å²) in [4.78, 5) is 8.96. The molecule has 0 fully saturated rings. The highest BCUT2D eigenvalue weighted by Gasteiger charge is 2.14. The van der Waals surface area contributed by atoms with Crippen molar-refractivity contribution >= 4 is 11.2 Å². The molecule has 4 nitrogen and oxygen atoms in total. The number of nitriles is 1. The van der Waals surface area contributed by atoms with E-state index in [0.29, 0.717) is 24.4 Å². The highest BCUT2D eigenvalue weighted by Crippen LogP contribution is 2.25. The molecule has 3 aromatic rings. The molecule has 0 saturated carbocycles. The zero-order valence-corrected chi connectivity index (χ0v) is 11.5. The molecule has 0 bridgehead atoms. The van der Waals surface area contributed by atoms with Crippen molar-refractivity contribution in [2.24, 2.45) is 0 Å². The Bertz CT molecular complexity index is 845. The lowest BCUT2D eigenvalue weighted by Gasteiger charge is -2.06. The summed E-state index contributed by atoms with van der Waals surface area (Å²) in [5.41, 5.74) is 3.17. The van der Waals surface area contributed by atoms with Crippen molar-refractivity contribution < 1.29 is 4.39 Å². The number of nitrogens with zero attached hydrogens (tertiary/aromatic N) is 4. The fraction of sp³-hybridized carbons (Fsp3) is 0.188. The largest absolute Gasteiger partial charge is 0.308 e. The lowest BCUT2D eigenvalue weighted by molar-refractivity contribution is 0.627. The molecule has 3 rings (SSSR count). The maximum absolute atomic E-state index is 13.5. The molecule has 0 unspecified atom stereocenters. The van der Waals surface area contributed by atoms with Gasteiger partial charge < -0.3 is 4.57 Å². The first kappa shape index (κ1) is 13.3. The molecule has 0 spiro atoms. The number of fused-ring (bicyclic) bond motifs is 1. The number of imidazole rings is 1. The lowest BCUT2D eigenvalue weighted by Crippen LogP contribution is -2.01. The Morgan fingerprint density at radius 2 is 2.19 bits per heavy atom. The summed E-state index contributed by atoms with van der Waals surface area (Å²) in [6, 6.07) is 10.4. The first-order chi connectivity index (χ1) is 10.2. The number of rotatable bonds is 3. The van der Waals surface area contributed by atoms with Crippen LogP contribution in [0.2, 0.25) is 0 Å². The van der Waals surface area contributed by atoms with Gasteiger partial charge >= 0.3 is 0 Å².